The van der Waals surface area contributed by atoms with Crippen LogP contribution in [0.25, 0.3) is 0 Å². The first-order valence-electron chi connectivity index (χ1n) is 27.8. The van der Waals surface area contributed by atoms with Gasteiger partial charge in [-0.15, -0.1) is 20.2 Å². The molecule has 0 aromatic carbocycles. The Kier molecular flexibility index (Phi) is 15.4. The summed E-state index contributed by atoms with van der Waals surface area (Å²) in [4.78, 5) is 80.7. The molecule has 0 aromatic heterocycles. The van der Waals surface area contributed by atoms with E-state index in [0.29, 0.717) is 41.5 Å². The maximum Gasteiger partial charge on any atom is 0.469 e. The Hall–Kier alpha value is -4.43. The second kappa shape index (κ2) is 19.8. The molecule has 12 aliphatic carbocycles. The molecule has 12 fully saturated rings. The first kappa shape index (κ1) is 58.3. The number of amides is 3. The molecule has 3 N–H and O–H groups in total. The molecule has 12 rings (SSSR count). The molecular formula is C54H90N6O15. The van der Waals surface area contributed by atoms with Gasteiger partial charge in [0.25, 0.3) is 10.2 Å². The van der Waals surface area contributed by atoms with Crippen LogP contribution in [0.1, 0.15) is 218 Å². The third-order valence-corrected chi connectivity index (χ3v) is 19.1. The molecule has 12 saturated carbocycles. The van der Waals surface area contributed by atoms with Gasteiger partial charge in [0.1, 0.15) is 35.6 Å². The highest BCUT2D eigenvalue weighted by Gasteiger charge is 2.69. The average molecular weight is 1060 g/mol. The summed E-state index contributed by atoms with van der Waals surface area (Å²) >= 11 is 0. The zero-order valence-electron chi connectivity index (χ0n) is 47.2. The molecule has 12 unspecified atom stereocenters. The van der Waals surface area contributed by atoms with Crippen LogP contribution in [0.5, 0.6) is 0 Å². The highest BCUT2D eigenvalue weighted by Crippen LogP contribution is 2.71. The minimum atomic E-state index is -0.999. The Bertz CT molecular complexity index is 2190. The summed E-state index contributed by atoms with van der Waals surface area (Å²) in [5.41, 5.74) is -3.80. The van der Waals surface area contributed by atoms with Crippen molar-refractivity contribution in [1.29, 1.82) is 0 Å². The number of carbonyl (C=O) groups excluding carboxylic acids is 3. The molecule has 21 heteroatoms. The predicted octanol–water partition coefficient (Wildman–Crippen LogP) is 11.2. The second-order valence-electron chi connectivity index (χ2n) is 29.3. The van der Waals surface area contributed by atoms with E-state index in [9.17, 15) is 49.8 Å². The number of rotatable bonds is 14. The first-order valence-corrected chi connectivity index (χ1v) is 27.8. The van der Waals surface area contributed by atoms with Gasteiger partial charge in [-0.1, -0.05) is 40.0 Å². The highest BCUT2D eigenvalue weighted by atomic mass is 17.0. The molecular weight excluding hydrogens is 973 g/mol. The summed E-state index contributed by atoms with van der Waals surface area (Å²) in [6, 6.07) is 0. The molecule has 12 atom stereocenters. The van der Waals surface area contributed by atoms with Gasteiger partial charge in [-0.25, -0.2) is 24.5 Å². The standard InChI is InChI=1S/C18H29N3O7.C18H30N2O5.C18H31NO3/c1-5-16-6-13-7-17(9-16,12-27-21(25)26)11-18(8-13,10-16)19(20(23)24)14(22)28-15(2,3)4;1-5-16-6-13-7-17(9-16,12-24-20(22)23)11-18(8-13,10-16)19-14(21)25-15(2,3)4;1-5-16-6-13-7-17(9-16,12-20)11-18(8-13,10-16)19-14(21)22-15(2,3)4/h13H,5-12H2,1-4H3;13H,5-12H2,1-4H3,(H,19,21);13,20H,5-12H2,1-4H3,(H,19,21). The fourth-order valence-electron chi connectivity index (χ4n) is 18.8. The van der Waals surface area contributed by atoms with E-state index < -0.39 is 49.1 Å². The number of aliphatic hydroxyl groups excluding tert-OH is 1. The average Bonchev–Trinajstić information content (AvgIpc) is 3.21. The van der Waals surface area contributed by atoms with Crippen molar-refractivity contribution in [2.45, 2.75) is 251 Å². The van der Waals surface area contributed by atoms with Crippen molar-refractivity contribution in [2.24, 2.45) is 50.2 Å². The van der Waals surface area contributed by atoms with Crippen LogP contribution in [0, 0.1) is 80.6 Å². The van der Waals surface area contributed by atoms with Crippen molar-refractivity contribution >= 4 is 18.3 Å². The van der Waals surface area contributed by atoms with Crippen LogP contribution in [-0.2, 0) is 23.9 Å². The van der Waals surface area contributed by atoms with E-state index in [-0.39, 0.29) is 70.7 Å². The molecule has 0 aliphatic heterocycles. The zero-order valence-corrected chi connectivity index (χ0v) is 47.2. The molecule has 75 heavy (non-hydrogen) atoms. The van der Waals surface area contributed by atoms with Gasteiger partial charge >= 0.3 is 18.3 Å². The van der Waals surface area contributed by atoms with E-state index in [1.165, 1.54) is 6.42 Å². The van der Waals surface area contributed by atoms with Gasteiger partial charge in [0, 0.05) is 17.7 Å². The number of carbonyl (C=O) groups is 3. The summed E-state index contributed by atoms with van der Waals surface area (Å²) in [7, 11) is 0. The molecule has 0 spiro atoms. The minimum absolute atomic E-state index is 0.0183. The maximum absolute atomic E-state index is 12.8. The lowest BCUT2D eigenvalue weighted by molar-refractivity contribution is -0.762. The number of nitrogens with zero attached hydrogens (tertiary/aromatic N) is 4. The predicted molar refractivity (Wildman–Crippen MR) is 274 cm³/mol. The fourth-order valence-corrected chi connectivity index (χ4v) is 18.8. The minimum Gasteiger partial charge on any atom is -0.444 e. The molecule has 12 aliphatic rings. The monoisotopic (exact) mass is 1060 g/mol. The molecule has 0 saturated heterocycles. The molecule has 426 valence electrons. The van der Waals surface area contributed by atoms with E-state index >= 15 is 0 Å². The molecule has 0 aromatic rings. The van der Waals surface area contributed by atoms with Crippen molar-refractivity contribution < 1.29 is 58.6 Å². The lowest BCUT2D eigenvalue weighted by atomic mass is 9.41. The quantitative estimate of drug-likeness (QED) is 0.0829. The number of aliphatic hydroxyl groups is 1. The van der Waals surface area contributed by atoms with Crippen LogP contribution in [0.4, 0.5) is 14.4 Å². The maximum atomic E-state index is 12.8. The molecule has 0 radical (unpaired) electrons. The summed E-state index contributed by atoms with van der Waals surface area (Å²) in [5.74, 6) is 1.30. The van der Waals surface area contributed by atoms with Gasteiger partial charge in [-0.2, -0.15) is 0 Å². The van der Waals surface area contributed by atoms with Crippen molar-refractivity contribution in [3.8, 4) is 0 Å². The molecule has 0 heterocycles. The van der Waals surface area contributed by atoms with Crippen LogP contribution in [0.3, 0.4) is 0 Å². The van der Waals surface area contributed by atoms with E-state index in [1.807, 2.05) is 48.5 Å². The Morgan fingerprint density at radius 1 is 0.507 bits per heavy atom. The van der Waals surface area contributed by atoms with Crippen molar-refractivity contribution in [1.82, 2.24) is 15.6 Å². The number of hydrazine groups is 1. The largest absolute Gasteiger partial charge is 0.469 e. The highest BCUT2D eigenvalue weighted by molar-refractivity contribution is 5.70. The summed E-state index contributed by atoms with van der Waals surface area (Å²) < 4.78 is 16.3. The number of ether oxygens (including phenoxy) is 3. The van der Waals surface area contributed by atoms with Crippen molar-refractivity contribution in [3.63, 3.8) is 0 Å². The van der Waals surface area contributed by atoms with Gasteiger partial charge in [-0.3, -0.25) is 0 Å². The van der Waals surface area contributed by atoms with Gasteiger partial charge in [0.05, 0.1) is 0 Å². The summed E-state index contributed by atoms with van der Waals surface area (Å²) in [6.45, 7) is 23.1. The van der Waals surface area contributed by atoms with Gasteiger partial charge < -0.3 is 39.6 Å². The Labute approximate surface area is 443 Å². The summed E-state index contributed by atoms with van der Waals surface area (Å²) in [6.07, 6.45) is 17.3. The lowest BCUT2D eigenvalue weighted by Crippen LogP contribution is -2.69. The summed E-state index contributed by atoms with van der Waals surface area (Å²) in [5, 5.41) is 48.5. The van der Waals surface area contributed by atoms with Crippen LogP contribution in [0.15, 0.2) is 0 Å². The first-order chi connectivity index (χ1) is 34.4. The molecule has 12 bridgehead atoms. The molecule has 3 amide bonds. The Morgan fingerprint density at radius 3 is 1.23 bits per heavy atom. The SMILES string of the molecule is CCC12CC3CC(CO)(C1)CC(NC(=O)OC(C)(C)C)(C3)C2.CCC12CC3CC(CO[N+](=O)[O-])(C1)CC(N(C(=O)OC(C)(C)C)[N+](=O)[O-])(C3)C2.CCC12CC3CC(CO[N+](=O)[O-])(C1)CC(NC(=O)OC(C)(C)C)(C3)C2. The Balaban J connectivity index is 0.000000165. The van der Waals surface area contributed by atoms with Gasteiger partial charge in [0.2, 0.25) is 0 Å². The normalized spacial score (nSPS) is 39.2. The van der Waals surface area contributed by atoms with E-state index in [1.54, 1.807) is 20.8 Å². The molecule has 21 nitrogen and oxygen atoms in total. The van der Waals surface area contributed by atoms with E-state index in [0.717, 1.165) is 109 Å². The number of alkyl carbamates (subject to hydrolysis) is 2. The number of nitrogens with one attached hydrogen (secondary N) is 2. The second-order valence-corrected chi connectivity index (χ2v) is 29.3. The van der Waals surface area contributed by atoms with Crippen molar-refractivity contribution in [3.05, 3.63) is 30.3 Å². The third-order valence-electron chi connectivity index (χ3n) is 19.1. The smallest absolute Gasteiger partial charge is 0.444 e. The van der Waals surface area contributed by atoms with Crippen molar-refractivity contribution in [2.75, 3.05) is 19.8 Å². The van der Waals surface area contributed by atoms with Gasteiger partial charge in [0.15, 0.2) is 5.03 Å². The number of hydrogen-bond acceptors (Lipinski definition) is 15. The van der Waals surface area contributed by atoms with E-state index in [2.05, 4.69) is 24.5 Å². The third kappa shape index (κ3) is 12.8. The zero-order chi connectivity index (χ0) is 55.7. The lowest BCUT2D eigenvalue weighted by Gasteiger charge is -2.66. The van der Waals surface area contributed by atoms with Gasteiger partial charge in [-0.05, 0) is 233 Å². The fraction of sp³-hybridized carbons (Fsp3) is 0.944. The van der Waals surface area contributed by atoms with Crippen LogP contribution in [-0.4, -0.2) is 96.8 Å². The van der Waals surface area contributed by atoms with Crippen LogP contribution >= 0.6 is 0 Å². The van der Waals surface area contributed by atoms with E-state index in [4.69, 9.17) is 23.9 Å². The number of hydrogen-bond donors (Lipinski definition) is 3. The van der Waals surface area contributed by atoms with Crippen LogP contribution < -0.4 is 10.6 Å². The number of nitro groups is 1. The topological polar surface area (TPSA) is 274 Å². The Morgan fingerprint density at radius 2 is 0.840 bits per heavy atom. The van der Waals surface area contributed by atoms with Crippen LogP contribution in [0.2, 0.25) is 0 Å².